The second kappa shape index (κ2) is 7.14. The van der Waals surface area contributed by atoms with Crippen LogP contribution in [0.25, 0.3) is 0 Å². The van der Waals surface area contributed by atoms with Gasteiger partial charge in [0.25, 0.3) is 0 Å². The Kier molecular flexibility index (Phi) is 5.23. The van der Waals surface area contributed by atoms with Crippen molar-refractivity contribution in [1.82, 2.24) is 0 Å². The molecule has 0 aliphatic carbocycles. The van der Waals surface area contributed by atoms with E-state index in [1.807, 2.05) is 44.2 Å². The molecule has 21 heavy (non-hydrogen) atoms. The molecule has 0 aliphatic heterocycles. The molecular formula is C17H19ClN2O. The molecule has 0 radical (unpaired) electrons. The smallest absolute Gasteiger partial charge is 0.226 e. The van der Waals surface area contributed by atoms with Gasteiger partial charge in [-0.3, -0.25) is 4.79 Å². The fourth-order valence-electron chi connectivity index (χ4n) is 2.06. The predicted octanol–water partition coefficient (Wildman–Crippen LogP) is 4.40. The molecule has 3 nitrogen and oxygen atoms in total. The van der Waals surface area contributed by atoms with E-state index in [0.717, 1.165) is 16.9 Å². The summed E-state index contributed by atoms with van der Waals surface area (Å²) < 4.78 is 0. The topological polar surface area (TPSA) is 41.1 Å². The Morgan fingerprint density at radius 2 is 1.95 bits per heavy atom. The molecule has 0 atom stereocenters. The standard InChI is InChI=1S/C17H19ClN2O/c1-12-4-3-5-15(10-12)19-9-8-17(21)20-16-7-6-14(18)11-13(16)2/h3-7,10-11,19H,8-9H2,1-2H3,(H,20,21). The summed E-state index contributed by atoms with van der Waals surface area (Å²) >= 11 is 5.89. The van der Waals surface area contributed by atoms with Gasteiger partial charge in [-0.2, -0.15) is 0 Å². The van der Waals surface area contributed by atoms with Crippen LogP contribution in [0.1, 0.15) is 17.5 Å². The van der Waals surface area contributed by atoms with Gasteiger partial charge in [-0.1, -0.05) is 23.7 Å². The Balaban J connectivity index is 1.82. The molecule has 0 bridgehead atoms. The number of anilines is 2. The number of hydrogen-bond acceptors (Lipinski definition) is 2. The van der Waals surface area contributed by atoms with Gasteiger partial charge in [0, 0.05) is 29.4 Å². The molecule has 0 spiro atoms. The van der Waals surface area contributed by atoms with Crippen molar-refractivity contribution in [3.63, 3.8) is 0 Å². The number of nitrogens with one attached hydrogen (secondary N) is 2. The lowest BCUT2D eigenvalue weighted by Gasteiger charge is -2.10. The molecule has 4 heteroatoms. The molecule has 0 saturated carbocycles. The van der Waals surface area contributed by atoms with Gasteiger partial charge in [0.05, 0.1) is 0 Å². The summed E-state index contributed by atoms with van der Waals surface area (Å²) in [5.41, 5.74) is 3.99. The molecule has 2 rings (SSSR count). The van der Waals surface area contributed by atoms with Crippen molar-refractivity contribution in [2.75, 3.05) is 17.2 Å². The van der Waals surface area contributed by atoms with E-state index in [-0.39, 0.29) is 5.91 Å². The maximum Gasteiger partial charge on any atom is 0.226 e. The van der Waals surface area contributed by atoms with Crippen molar-refractivity contribution in [3.05, 3.63) is 58.6 Å². The first-order chi connectivity index (χ1) is 10.0. The molecule has 0 fully saturated rings. The van der Waals surface area contributed by atoms with Crippen molar-refractivity contribution in [1.29, 1.82) is 0 Å². The molecule has 0 aromatic heterocycles. The van der Waals surface area contributed by atoms with E-state index in [1.165, 1.54) is 5.56 Å². The second-order valence-electron chi connectivity index (χ2n) is 5.05. The number of halogens is 1. The lowest BCUT2D eigenvalue weighted by molar-refractivity contribution is -0.115. The maximum atomic E-state index is 11.9. The van der Waals surface area contributed by atoms with Crippen molar-refractivity contribution in [2.45, 2.75) is 20.3 Å². The molecular weight excluding hydrogens is 284 g/mol. The third kappa shape index (κ3) is 4.80. The first-order valence-electron chi connectivity index (χ1n) is 6.91. The van der Waals surface area contributed by atoms with Crippen molar-refractivity contribution < 1.29 is 4.79 Å². The SMILES string of the molecule is Cc1cccc(NCCC(=O)Nc2ccc(Cl)cc2C)c1. The first-order valence-corrected chi connectivity index (χ1v) is 7.29. The van der Waals surface area contributed by atoms with E-state index in [1.54, 1.807) is 6.07 Å². The largest absolute Gasteiger partial charge is 0.385 e. The summed E-state index contributed by atoms with van der Waals surface area (Å²) in [4.78, 5) is 11.9. The molecule has 0 unspecified atom stereocenters. The lowest BCUT2D eigenvalue weighted by Crippen LogP contribution is -2.16. The minimum atomic E-state index is -0.0134. The Labute approximate surface area is 130 Å². The Hall–Kier alpha value is -2.00. The minimum Gasteiger partial charge on any atom is -0.385 e. The monoisotopic (exact) mass is 302 g/mol. The molecule has 1 amide bonds. The van der Waals surface area contributed by atoms with E-state index >= 15 is 0 Å². The number of aryl methyl sites for hydroxylation is 2. The average molecular weight is 303 g/mol. The number of hydrogen-bond donors (Lipinski definition) is 2. The summed E-state index contributed by atoms with van der Waals surface area (Å²) in [6.45, 7) is 4.57. The quantitative estimate of drug-likeness (QED) is 0.859. The van der Waals surface area contributed by atoms with Gasteiger partial charge in [-0.25, -0.2) is 0 Å². The van der Waals surface area contributed by atoms with Crippen molar-refractivity contribution in [3.8, 4) is 0 Å². The molecule has 2 aromatic rings. The van der Waals surface area contributed by atoms with Crippen molar-refractivity contribution in [2.24, 2.45) is 0 Å². The van der Waals surface area contributed by atoms with Crippen LogP contribution in [0, 0.1) is 13.8 Å². The minimum absolute atomic E-state index is 0.0134. The van der Waals surface area contributed by atoms with E-state index in [4.69, 9.17) is 11.6 Å². The number of rotatable bonds is 5. The van der Waals surface area contributed by atoms with E-state index in [9.17, 15) is 4.79 Å². The Bertz CT molecular complexity index is 640. The van der Waals surface area contributed by atoms with Crippen LogP contribution in [0.15, 0.2) is 42.5 Å². The van der Waals surface area contributed by atoms with Gasteiger partial charge in [0.2, 0.25) is 5.91 Å². The average Bonchev–Trinajstić information content (AvgIpc) is 2.42. The second-order valence-corrected chi connectivity index (χ2v) is 5.49. The van der Waals surface area contributed by atoms with Gasteiger partial charge in [0.1, 0.15) is 0 Å². The normalized spacial score (nSPS) is 10.2. The van der Waals surface area contributed by atoms with E-state index < -0.39 is 0 Å². The number of benzene rings is 2. The summed E-state index contributed by atoms with van der Waals surface area (Å²) in [5, 5.41) is 6.81. The zero-order chi connectivity index (χ0) is 15.2. The molecule has 0 saturated heterocycles. The van der Waals surface area contributed by atoms with Gasteiger partial charge in [0.15, 0.2) is 0 Å². The zero-order valence-electron chi connectivity index (χ0n) is 12.2. The summed E-state index contributed by atoms with van der Waals surface area (Å²) in [6, 6.07) is 13.5. The molecule has 110 valence electrons. The van der Waals surface area contributed by atoms with Crippen molar-refractivity contribution >= 4 is 28.9 Å². The zero-order valence-corrected chi connectivity index (χ0v) is 13.0. The van der Waals surface area contributed by atoms with E-state index in [0.29, 0.717) is 18.0 Å². The lowest BCUT2D eigenvalue weighted by atomic mass is 10.2. The van der Waals surface area contributed by atoms with Crippen LogP contribution < -0.4 is 10.6 Å². The third-order valence-electron chi connectivity index (χ3n) is 3.16. The van der Waals surface area contributed by atoms with Crippen LogP contribution >= 0.6 is 11.6 Å². The summed E-state index contributed by atoms with van der Waals surface area (Å²) in [6.07, 6.45) is 0.413. The third-order valence-corrected chi connectivity index (χ3v) is 3.40. The summed E-state index contributed by atoms with van der Waals surface area (Å²) in [5.74, 6) is -0.0134. The van der Waals surface area contributed by atoms with Gasteiger partial charge in [-0.05, 0) is 55.3 Å². The van der Waals surface area contributed by atoms with Crippen LogP contribution in [0.2, 0.25) is 5.02 Å². The fourth-order valence-corrected chi connectivity index (χ4v) is 2.28. The molecule has 0 aliphatic rings. The molecule has 2 N–H and O–H groups in total. The number of amides is 1. The maximum absolute atomic E-state index is 11.9. The number of carbonyl (C=O) groups excluding carboxylic acids is 1. The highest BCUT2D eigenvalue weighted by Gasteiger charge is 2.05. The van der Waals surface area contributed by atoms with Crippen LogP contribution in [-0.4, -0.2) is 12.5 Å². The van der Waals surface area contributed by atoms with E-state index in [2.05, 4.69) is 16.7 Å². The summed E-state index contributed by atoms with van der Waals surface area (Å²) in [7, 11) is 0. The van der Waals surface area contributed by atoms with Crippen LogP contribution in [0.4, 0.5) is 11.4 Å². The molecule has 2 aromatic carbocycles. The highest BCUT2D eigenvalue weighted by Crippen LogP contribution is 2.19. The predicted molar refractivity (Wildman–Crippen MR) is 89.1 cm³/mol. The van der Waals surface area contributed by atoms with Crippen LogP contribution in [-0.2, 0) is 4.79 Å². The van der Waals surface area contributed by atoms with Gasteiger partial charge in [-0.15, -0.1) is 0 Å². The molecule has 0 heterocycles. The Morgan fingerprint density at radius 1 is 1.14 bits per heavy atom. The number of carbonyl (C=O) groups is 1. The highest BCUT2D eigenvalue weighted by molar-refractivity contribution is 6.30. The first kappa shape index (κ1) is 15.4. The van der Waals surface area contributed by atoms with Crippen LogP contribution in [0.5, 0.6) is 0 Å². The van der Waals surface area contributed by atoms with Gasteiger partial charge < -0.3 is 10.6 Å². The Morgan fingerprint density at radius 3 is 2.67 bits per heavy atom. The van der Waals surface area contributed by atoms with Crippen LogP contribution in [0.3, 0.4) is 0 Å². The fraction of sp³-hybridized carbons (Fsp3) is 0.235. The highest BCUT2D eigenvalue weighted by atomic mass is 35.5. The van der Waals surface area contributed by atoms with Gasteiger partial charge >= 0.3 is 0 Å².